The highest BCUT2D eigenvalue weighted by Crippen LogP contribution is 2.32. The first kappa shape index (κ1) is 20.6. The van der Waals surface area contributed by atoms with Gasteiger partial charge < -0.3 is 10.6 Å². The van der Waals surface area contributed by atoms with Gasteiger partial charge in [-0.1, -0.05) is 24.3 Å². The molecule has 0 saturated carbocycles. The van der Waals surface area contributed by atoms with Gasteiger partial charge in [0.25, 0.3) is 0 Å². The van der Waals surface area contributed by atoms with Gasteiger partial charge in [-0.25, -0.2) is 8.42 Å². The molecule has 0 unspecified atom stereocenters. The van der Waals surface area contributed by atoms with E-state index in [-0.39, 0.29) is 18.3 Å². The number of carbonyl (C=O) groups excluding carboxylic acids is 1. The van der Waals surface area contributed by atoms with Crippen molar-refractivity contribution in [2.75, 3.05) is 25.5 Å². The van der Waals surface area contributed by atoms with Crippen LogP contribution in [0.15, 0.2) is 41.3 Å². The van der Waals surface area contributed by atoms with Gasteiger partial charge >= 0.3 is 0 Å². The number of rotatable bonds is 4. The molecular formula is C18H24ClN3O3S. The van der Waals surface area contributed by atoms with E-state index in [0.717, 1.165) is 18.2 Å². The summed E-state index contributed by atoms with van der Waals surface area (Å²) in [5.74, 6) is -0.185. The monoisotopic (exact) mass is 397 g/mol. The fraction of sp³-hybridized carbons (Fsp3) is 0.389. The molecule has 26 heavy (non-hydrogen) atoms. The van der Waals surface area contributed by atoms with Crippen molar-refractivity contribution in [3.8, 4) is 0 Å². The van der Waals surface area contributed by atoms with Crippen molar-refractivity contribution in [1.29, 1.82) is 0 Å². The molecule has 0 spiro atoms. The Bertz CT molecular complexity index is 894. The number of fused-ring (bicyclic) bond motifs is 1. The topological polar surface area (TPSA) is 78.5 Å². The molecule has 1 aliphatic rings. The Kier molecular flexibility index (Phi) is 6.63. The van der Waals surface area contributed by atoms with Gasteiger partial charge in [-0.3, -0.25) is 4.79 Å². The lowest BCUT2D eigenvalue weighted by Gasteiger charge is -2.31. The zero-order valence-electron chi connectivity index (χ0n) is 14.9. The van der Waals surface area contributed by atoms with E-state index >= 15 is 0 Å². The van der Waals surface area contributed by atoms with E-state index < -0.39 is 10.0 Å². The largest absolute Gasteiger partial charge is 0.326 e. The van der Waals surface area contributed by atoms with Crippen LogP contribution in [0.2, 0.25) is 0 Å². The van der Waals surface area contributed by atoms with Crippen LogP contribution in [0.1, 0.15) is 19.8 Å². The van der Waals surface area contributed by atoms with Gasteiger partial charge in [0.1, 0.15) is 0 Å². The number of hydrogen-bond donors (Lipinski definition) is 2. The number of nitrogens with one attached hydrogen (secondary N) is 2. The van der Waals surface area contributed by atoms with Crippen LogP contribution in [0.3, 0.4) is 0 Å². The van der Waals surface area contributed by atoms with Crippen LogP contribution in [0.5, 0.6) is 0 Å². The number of sulfonamides is 1. The third-order valence-electron chi connectivity index (χ3n) is 4.67. The second-order valence-corrected chi connectivity index (χ2v) is 8.21. The number of nitrogens with zero attached hydrogens (tertiary/aromatic N) is 1. The van der Waals surface area contributed by atoms with Crippen molar-refractivity contribution >= 4 is 44.8 Å². The molecular weight excluding hydrogens is 374 g/mol. The van der Waals surface area contributed by atoms with Crippen LogP contribution < -0.4 is 10.6 Å². The van der Waals surface area contributed by atoms with E-state index in [0.29, 0.717) is 35.1 Å². The zero-order chi connectivity index (χ0) is 18.0. The number of halogens is 1. The van der Waals surface area contributed by atoms with Gasteiger partial charge in [-0.15, -0.1) is 12.4 Å². The van der Waals surface area contributed by atoms with E-state index in [1.54, 1.807) is 22.5 Å². The number of benzene rings is 2. The SMILES string of the molecule is CNC1CCN(S(=O)(=O)c2ccc(NC(C)=O)c3ccccc23)CC1.Cl. The number of carbonyl (C=O) groups is 1. The molecule has 1 saturated heterocycles. The van der Waals surface area contributed by atoms with E-state index in [1.165, 1.54) is 6.92 Å². The quantitative estimate of drug-likeness (QED) is 0.831. The van der Waals surface area contributed by atoms with Gasteiger partial charge in [-0.2, -0.15) is 4.31 Å². The van der Waals surface area contributed by atoms with E-state index in [4.69, 9.17) is 0 Å². The van der Waals surface area contributed by atoms with E-state index in [2.05, 4.69) is 10.6 Å². The second kappa shape index (κ2) is 8.35. The number of piperidine rings is 1. The standard InChI is InChI=1S/C18H23N3O3S.ClH/c1-13(22)20-17-7-8-18(16-6-4-3-5-15(16)17)25(23,24)21-11-9-14(19-2)10-12-21;/h3-8,14,19H,9-12H2,1-2H3,(H,20,22);1H. The van der Waals surface area contributed by atoms with Crippen molar-refractivity contribution < 1.29 is 13.2 Å². The van der Waals surface area contributed by atoms with Crippen molar-refractivity contribution in [1.82, 2.24) is 9.62 Å². The molecule has 0 atom stereocenters. The maximum atomic E-state index is 13.1. The lowest BCUT2D eigenvalue weighted by molar-refractivity contribution is -0.114. The summed E-state index contributed by atoms with van der Waals surface area (Å²) >= 11 is 0. The summed E-state index contributed by atoms with van der Waals surface area (Å²) in [5, 5.41) is 7.33. The molecule has 1 aliphatic heterocycles. The molecule has 0 radical (unpaired) electrons. The Labute approximate surface area is 160 Å². The van der Waals surface area contributed by atoms with Crippen LogP contribution in [0, 0.1) is 0 Å². The second-order valence-electron chi connectivity index (χ2n) is 6.31. The Balaban J connectivity index is 0.00000243. The average Bonchev–Trinajstić information content (AvgIpc) is 2.61. The third-order valence-corrected chi connectivity index (χ3v) is 6.63. The summed E-state index contributed by atoms with van der Waals surface area (Å²) in [6.07, 6.45) is 1.61. The molecule has 3 rings (SSSR count). The smallest absolute Gasteiger partial charge is 0.243 e. The van der Waals surface area contributed by atoms with Crippen LogP contribution in [0.4, 0.5) is 5.69 Å². The van der Waals surface area contributed by atoms with Crippen molar-refractivity contribution in [3.05, 3.63) is 36.4 Å². The van der Waals surface area contributed by atoms with Gasteiger partial charge in [0.2, 0.25) is 15.9 Å². The summed E-state index contributed by atoms with van der Waals surface area (Å²) in [7, 11) is -1.67. The number of amides is 1. The van der Waals surface area contributed by atoms with Crippen LogP contribution in [-0.2, 0) is 14.8 Å². The molecule has 2 aromatic carbocycles. The molecule has 8 heteroatoms. The van der Waals surface area contributed by atoms with E-state index in [9.17, 15) is 13.2 Å². The average molecular weight is 398 g/mol. The van der Waals surface area contributed by atoms with Gasteiger partial charge in [0, 0.05) is 42.5 Å². The fourth-order valence-corrected chi connectivity index (χ4v) is 4.98. The molecule has 0 bridgehead atoms. The molecule has 6 nitrogen and oxygen atoms in total. The highest BCUT2D eigenvalue weighted by Gasteiger charge is 2.30. The molecule has 2 N–H and O–H groups in total. The van der Waals surface area contributed by atoms with E-state index in [1.807, 2.05) is 25.2 Å². The lowest BCUT2D eigenvalue weighted by atomic mass is 10.1. The zero-order valence-corrected chi connectivity index (χ0v) is 16.5. The summed E-state index contributed by atoms with van der Waals surface area (Å²) in [6.45, 7) is 2.45. The van der Waals surface area contributed by atoms with Crippen molar-refractivity contribution in [2.45, 2.75) is 30.7 Å². The normalized spacial score (nSPS) is 16.2. The molecule has 1 amide bonds. The molecule has 2 aromatic rings. The minimum atomic E-state index is -3.57. The first-order valence-corrected chi connectivity index (χ1v) is 9.84. The molecule has 0 aromatic heterocycles. The highest BCUT2D eigenvalue weighted by atomic mass is 35.5. The van der Waals surface area contributed by atoms with Crippen LogP contribution in [-0.4, -0.2) is 44.8 Å². The van der Waals surface area contributed by atoms with Crippen molar-refractivity contribution in [2.24, 2.45) is 0 Å². The first-order valence-electron chi connectivity index (χ1n) is 8.40. The molecule has 1 heterocycles. The predicted octanol–water partition coefficient (Wildman–Crippen LogP) is 2.59. The molecule has 142 valence electrons. The van der Waals surface area contributed by atoms with Gasteiger partial charge in [0.15, 0.2) is 0 Å². The fourth-order valence-electron chi connectivity index (χ4n) is 3.32. The summed E-state index contributed by atoms with van der Waals surface area (Å²) in [5.41, 5.74) is 0.621. The predicted molar refractivity (Wildman–Crippen MR) is 106 cm³/mol. The van der Waals surface area contributed by atoms with Crippen LogP contribution >= 0.6 is 12.4 Å². The summed E-state index contributed by atoms with van der Waals surface area (Å²) < 4.78 is 27.9. The minimum absolute atomic E-state index is 0. The summed E-state index contributed by atoms with van der Waals surface area (Å²) in [4.78, 5) is 11.7. The van der Waals surface area contributed by atoms with Crippen molar-refractivity contribution in [3.63, 3.8) is 0 Å². The Morgan fingerprint density at radius 2 is 1.69 bits per heavy atom. The minimum Gasteiger partial charge on any atom is -0.326 e. The maximum absolute atomic E-state index is 13.1. The number of hydrogen-bond acceptors (Lipinski definition) is 4. The van der Waals surface area contributed by atoms with Gasteiger partial charge in [0.05, 0.1) is 4.90 Å². The Morgan fingerprint density at radius 3 is 2.27 bits per heavy atom. The summed E-state index contributed by atoms with van der Waals surface area (Å²) in [6, 6.07) is 10.9. The Hall–Kier alpha value is -1.67. The lowest BCUT2D eigenvalue weighted by Crippen LogP contribution is -2.43. The number of anilines is 1. The van der Waals surface area contributed by atoms with Gasteiger partial charge in [-0.05, 0) is 32.0 Å². The molecule has 0 aliphatic carbocycles. The highest BCUT2D eigenvalue weighted by molar-refractivity contribution is 7.89. The Morgan fingerprint density at radius 1 is 1.08 bits per heavy atom. The van der Waals surface area contributed by atoms with Crippen LogP contribution in [0.25, 0.3) is 10.8 Å². The maximum Gasteiger partial charge on any atom is 0.243 e. The third kappa shape index (κ3) is 4.01. The first-order chi connectivity index (χ1) is 11.9. The molecule has 1 fully saturated rings.